The van der Waals surface area contributed by atoms with E-state index < -0.39 is 0 Å². The third-order valence-electron chi connectivity index (χ3n) is 4.84. The molecular weight excluding hydrogens is 316 g/mol. The van der Waals surface area contributed by atoms with Crippen LogP contribution >= 0.6 is 0 Å². The van der Waals surface area contributed by atoms with E-state index in [0.29, 0.717) is 0 Å². The maximum atomic E-state index is 4.90. The monoisotopic (exact) mass is 334 g/mol. The number of rotatable bonds is 3. The van der Waals surface area contributed by atoms with Crippen LogP contribution in [-0.4, -0.2) is 9.55 Å². The first-order valence-corrected chi connectivity index (χ1v) is 8.87. The number of hydrogen-bond acceptors (Lipinski definition) is 1. The maximum Gasteiger partial charge on any atom is 0.141 e. The highest BCUT2D eigenvalue weighted by molar-refractivity contribution is 5.83. The van der Waals surface area contributed by atoms with Gasteiger partial charge in [0, 0.05) is 12.1 Å². The molecule has 0 saturated heterocycles. The van der Waals surface area contributed by atoms with Gasteiger partial charge in [-0.25, -0.2) is 4.98 Å². The normalized spacial score (nSPS) is 11.2. The minimum absolute atomic E-state index is 0.801. The summed E-state index contributed by atoms with van der Waals surface area (Å²) in [5, 5.41) is 2.55. The van der Waals surface area contributed by atoms with Crippen molar-refractivity contribution in [1.29, 1.82) is 0 Å². The topological polar surface area (TPSA) is 17.8 Å². The Morgan fingerprint density at radius 2 is 1.38 bits per heavy atom. The minimum Gasteiger partial charge on any atom is -0.319 e. The van der Waals surface area contributed by atoms with Gasteiger partial charge in [-0.1, -0.05) is 78.9 Å². The van der Waals surface area contributed by atoms with Gasteiger partial charge in [0.2, 0.25) is 0 Å². The molecule has 0 amide bonds. The first-order valence-electron chi connectivity index (χ1n) is 8.87. The van der Waals surface area contributed by atoms with Crippen LogP contribution in [0.3, 0.4) is 0 Å². The molecule has 0 aliphatic rings. The van der Waals surface area contributed by atoms with Crippen LogP contribution in [-0.2, 0) is 6.54 Å². The summed E-state index contributed by atoms with van der Waals surface area (Å²) < 4.78 is 2.31. The average Bonchev–Trinajstić information content (AvgIpc) is 3.07. The van der Waals surface area contributed by atoms with Crippen molar-refractivity contribution in [3.63, 3.8) is 0 Å². The van der Waals surface area contributed by atoms with Crippen molar-refractivity contribution in [1.82, 2.24) is 9.55 Å². The lowest BCUT2D eigenvalue weighted by Crippen LogP contribution is -2.02. The van der Waals surface area contributed by atoms with E-state index in [1.165, 1.54) is 21.9 Å². The molecule has 5 rings (SSSR count). The van der Waals surface area contributed by atoms with Crippen LogP contribution in [0.5, 0.6) is 0 Å². The molecule has 1 aromatic heterocycles. The van der Waals surface area contributed by atoms with E-state index in [4.69, 9.17) is 4.98 Å². The van der Waals surface area contributed by atoms with Crippen molar-refractivity contribution in [2.75, 3.05) is 0 Å². The fraction of sp³-hybridized carbons (Fsp3) is 0.0417. The van der Waals surface area contributed by atoms with Crippen molar-refractivity contribution in [3.8, 4) is 11.4 Å². The molecule has 0 radical (unpaired) electrons. The van der Waals surface area contributed by atoms with Gasteiger partial charge in [-0.05, 0) is 34.5 Å². The molecule has 0 atom stereocenters. The Labute approximate surface area is 152 Å². The quantitative estimate of drug-likeness (QED) is 0.401. The zero-order chi connectivity index (χ0) is 17.3. The molecular formula is C24H18N2. The van der Waals surface area contributed by atoms with E-state index in [-0.39, 0.29) is 0 Å². The number of para-hydroxylation sites is 2. The Morgan fingerprint density at radius 1 is 0.654 bits per heavy atom. The van der Waals surface area contributed by atoms with Gasteiger partial charge in [-0.3, -0.25) is 0 Å². The number of aromatic nitrogens is 2. The predicted octanol–water partition coefficient (Wildman–Crippen LogP) is 5.90. The molecule has 2 nitrogen and oxygen atoms in total. The lowest BCUT2D eigenvalue weighted by atomic mass is 10.1. The highest BCUT2D eigenvalue weighted by Gasteiger charge is 2.12. The second kappa shape index (κ2) is 6.16. The summed E-state index contributed by atoms with van der Waals surface area (Å²) in [5.74, 6) is 1.01. The number of imidazole rings is 1. The molecule has 0 aliphatic heterocycles. The van der Waals surface area contributed by atoms with Crippen molar-refractivity contribution < 1.29 is 0 Å². The van der Waals surface area contributed by atoms with Crippen LogP contribution in [0.25, 0.3) is 33.2 Å². The summed E-state index contributed by atoms with van der Waals surface area (Å²) >= 11 is 0. The van der Waals surface area contributed by atoms with Crippen molar-refractivity contribution >= 4 is 21.8 Å². The molecule has 5 aromatic rings. The third-order valence-corrected chi connectivity index (χ3v) is 4.84. The largest absolute Gasteiger partial charge is 0.319 e. The minimum atomic E-state index is 0.801. The molecule has 0 aliphatic carbocycles. The molecule has 26 heavy (non-hydrogen) atoms. The van der Waals surface area contributed by atoms with Gasteiger partial charge in [-0.2, -0.15) is 0 Å². The first-order chi connectivity index (χ1) is 12.9. The highest BCUT2D eigenvalue weighted by atomic mass is 15.1. The Hall–Kier alpha value is -3.39. The number of nitrogens with zero attached hydrogens (tertiary/aromatic N) is 2. The smallest absolute Gasteiger partial charge is 0.141 e. The van der Waals surface area contributed by atoms with Crippen LogP contribution in [0.1, 0.15) is 5.56 Å². The van der Waals surface area contributed by atoms with Gasteiger partial charge in [0.05, 0.1) is 11.0 Å². The van der Waals surface area contributed by atoms with E-state index in [1.54, 1.807) is 0 Å². The maximum absolute atomic E-state index is 4.90. The van der Waals surface area contributed by atoms with Crippen LogP contribution < -0.4 is 0 Å². The van der Waals surface area contributed by atoms with Crippen LogP contribution in [0, 0.1) is 0 Å². The van der Waals surface area contributed by atoms with Crippen molar-refractivity contribution in [3.05, 3.63) is 103 Å². The predicted molar refractivity (Wildman–Crippen MR) is 108 cm³/mol. The highest BCUT2D eigenvalue weighted by Crippen LogP contribution is 2.26. The van der Waals surface area contributed by atoms with Crippen molar-refractivity contribution in [2.24, 2.45) is 0 Å². The zero-order valence-electron chi connectivity index (χ0n) is 14.3. The summed E-state index contributed by atoms with van der Waals surface area (Å²) in [4.78, 5) is 4.90. The molecule has 0 unspecified atom stereocenters. The van der Waals surface area contributed by atoms with Gasteiger partial charge < -0.3 is 4.57 Å². The second-order valence-corrected chi connectivity index (χ2v) is 6.56. The Bertz CT molecular complexity index is 1200. The van der Waals surface area contributed by atoms with Crippen LogP contribution in [0.2, 0.25) is 0 Å². The van der Waals surface area contributed by atoms with Crippen molar-refractivity contribution in [2.45, 2.75) is 6.54 Å². The Morgan fingerprint density at radius 3 is 2.27 bits per heavy atom. The van der Waals surface area contributed by atoms with Gasteiger partial charge in [-0.15, -0.1) is 0 Å². The van der Waals surface area contributed by atoms with E-state index in [1.807, 2.05) is 12.1 Å². The fourth-order valence-electron chi connectivity index (χ4n) is 3.56. The van der Waals surface area contributed by atoms with Gasteiger partial charge in [0.15, 0.2) is 0 Å². The third kappa shape index (κ3) is 2.56. The lowest BCUT2D eigenvalue weighted by molar-refractivity contribution is 0.835. The Balaban J connectivity index is 1.67. The number of hydrogen-bond donors (Lipinski definition) is 0. The molecule has 0 spiro atoms. The van der Waals surface area contributed by atoms with E-state index in [2.05, 4.69) is 89.5 Å². The molecule has 1 heterocycles. The van der Waals surface area contributed by atoms with Crippen LogP contribution in [0.4, 0.5) is 0 Å². The van der Waals surface area contributed by atoms with E-state index in [0.717, 1.165) is 23.4 Å². The van der Waals surface area contributed by atoms with E-state index in [9.17, 15) is 0 Å². The summed E-state index contributed by atoms with van der Waals surface area (Å²) in [6, 6.07) is 34.0. The molecule has 0 saturated carbocycles. The van der Waals surface area contributed by atoms with Gasteiger partial charge in [0.25, 0.3) is 0 Å². The molecule has 0 bridgehead atoms. The number of benzene rings is 4. The van der Waals surface area contributed by atoms with Crippen LogP contribution in [0.15, 0.2) is 97.1 Å². The number of fused-ring (bicyclic) bond motifs is 2. The van der Waals surface area contributed by atoms with E-state index >= 15 is 0 Å². The van der Waals surface area contributed by atoms with Gasteiger partial charge >= 0.3 is 0 Å². The lowest BCUT2D eigenvalue weighted by Gasteiger charge is -2.10. The van der Waals surface area contributed by atoms with Gasteiger partial charge in [0.1, 0.15) is 5.82 Å². The zero-order valence-corrected chi connectivity index (χ0v) is 14.3. The standard InChI is InChI=1S/C24H18N2/c1-2-9-20(10-3-1)24-25-22-12-6-7-13-23(22)26(24)17-18-14-15-19-8-4-5-11-21(19)16-18/h1-16H,17H2. The summed E-state index contributed by atoms with van der Waals surface area (Å²) in [7, 11) is 0. The molecule has 0 N–H and O–H groups in total. The summed E-state index contributed by atoms with van der Waals surface area (Å²) in [5.41, 5.74) is 4.63. The molecule has 124 valence electrons. The summed E-state index contributed by atoms with van der Waals surface area (Å²) in [6.07, 6.45) is 0. The molecule has 4 aromatic carbocycles. The second-order valence-electron chi connectivity index (χ2n) is 6.56. The fourth-order valence-corrected chi connectivity index (χ4v) is 3.56. The average molecular weight is 334 g/mol. The Kier molecular flexibility index (Phi) is 3.53. The summed E-state index contributed by atoms with van der Waals surface area (Å²) in [6.45, 7) is 0.801. The molecule has 2 heteroatoms. The first kappa shape index (κ1) is 14.9. The SMILES string of the molecule is c1ccc(-c2nc3ccccc3n2Cc2ccc3ccccc3c2)cc1. The molecule has 0 fully saturated rings.